The van der Waals surface area contributed by atoms with E-state index < -0.39 is 4.92 Å². The van der Waals surface area contributed by atoms with Crippen molar-refractivity contribution in [3.8, 4) is 0 Å². The van der Waals surface area contributed by atoms with E-state index in [-0.39, 0.29) is 23.7 Å². The average Bonchev–Trinajstić information content (AvgIpc) is 3.19. The Bertz CT molecular complexity index is 1360. The molecule has 0 aliphatic rings. The van der Waals surface area contributed by atoms with Crippen LogP contribution in [-0.4, -0.2) is 36.7 Å². The first-order chi connectivity index (χ1) is 15.4. The van der Waals surface area contributed by atoms with Gasteiger partial charge in [0.05, 0.1) is 24.2 Å². The van der Waals surface area contributed by atoms with E-state index in [2.05, 4.69) is 15.4 Å². The number of hydrogen-bond donors (Lipinski definition) is 1. The van der Waals surface area contributed by atoms with Gasteiger partial charge in [-0.05, 0) is 24.6 Å². The molecule has 0 saturated heterocycles. The second-order valence-corrected chi connectivity index (χ2v) is 7.33. The quantitative estimate of drug-likeness (QED) is 0.353. The van der Waals surface area contributed by atoms with Gasteiger partial charge in [0.2, 0.25) is 0 Å². The van der Waals surface area contributed by atoms with Crippen molar-refractivity contribution in [1.82, 2.24) is 24.6 Å². The molecule has 4 rings (SSSR count). The molecule has 2 aromatic heterocycles. The number of nitrogens with one attached hydrogen (secondary N) is 1. The van der Waals surface area contributed by atoms with Crippen molar-refractivity contribution in [3.05, 3.63) is 98.2 Å². The third-order valence-electron chi connectivity index (χ3n) is 5.01. The molecular formula is C22H20N6O4. The Balaban J connectivity index is 1.43. The maximum atomic E-state index is 12.8. The van der Waals surface area contributed by atoms with E-state index in [0.29, 0.717) is 29.7 Å². The Hall–Kier alpha value is -4.34. The smallest absolute Gasteiger partial charge is 0.269 e. The van der Waals surface area contributed by atoms with Gasteiger partial charge in [-0.1, -0.05) is 29.8 Å². The Morgan fingerprint density at radius 1 is 1.19 bits per heavy atom. The number of carbonyl (C=O) groups is 1. The molecule has 4 aromatic rings. The Morgan fingerprint density at radius 3 is 2.69 bits per heavy atom. The van der Waals surface area contributed by atoms with Crippen LogP contribution in [0.5, 0.6) is 0 Å². The number of hydrogen-bond acceptors (Lipinski definition) is 6. The van der Waals surface area contributed by atoms with Gasteiger partial charge < -0.3 is 5.32 Å². The normalized spacial score (nSPS) is 10.9. The fourth-order valence-electron chi connectivity index (χ4n) is 3.39. The van der Waals surface area contributed by atoms with Gasteiger partial charge in [-0.25, -0.2) is 9.67 Å². The second-order valence-electron chi connectivity index (χ2n) is 7.33. The number of carbonyl (C=O) groups excluding carboxylic acids is 1. The van der Waals surface area contributed by atoms with Crippen molar-refractivity contribution < 1.29 is 9.72 Å². The fourth-order valence-corrected chi connectivity index (χ4v) is 3.39. The van der Waals surface area contributed by atoms with E-state index in [9.17, 15) is 19.7 Å². The molecule has 0 atom stereocenters. The topological polar surface area (TPSA) is 125 Å². The molecule has 0 aliphatic heterocycles. The van der Waals surface area contributed by atoms with Crippen LogP contribution in [0.4, 0.5) is 5.69 Å². The minimum atomic E-state index is -0.521. The highest BCUT2D eigenvalue weighted by atomic mass is 16.6. The summed E-state index contributed by atoms with van der Waals surface area (Å²) in [6.07, 6.45) is 2.98. The number of rotatable bonds is 7. The lowest BCUT2D eigenvalue weighted by Gasteiger charge is -2.08. The van der Waals surface area contributed by atoms with Crippen molar-refractivity contribution >= 4 is 22.6 Å². The van der Waals surface area contributed by atoms with Crippen LogP contribution in [0.3, 0.4) is 0 Å². The average molecular weight is 432 g/mol. The van der Waals surface area contributed by atoms with Crippen molar-refractivity contribution in [1.29, 1.82) is 0 Å². The van der Waals surface area contributed by atoms with Crippen LogP contribution in [-0.2, 0) is 13.1 Å². The SMILES string of the molecule is Cc1cccc(Cn2cnc3c(cnn3CCNC(=O)c3ccc([N+](=O)[O-])cc3)c2=O)c1. The number of aromatic nitrogens is 4. The summed E-state index contributed by atoms with van der Waals surface area (Å²) in [5, 5.41) is 18.1. The highest BCUT2D eigenvalue weighted by Gasteiger charge is 2.12. The summed E-state index contributed by atoms with van der Waals surface area (Å²) < 4.78 is 3.10. The first-order valence-electron chi connectivity index (χ1n) is 9.91. The summed E-state index contributed by atoms with van der Waals surface area (Å²) in [7, 11) is 0. The summed E-state index contributed by atoms with van der Waals surface area (Å²) in [4.78, 5) is 39.6. The summed E-state index contributed by atoms with van der Waals surface area (Å²) in [6.45, 7) is 2.98. The Kier molecular flexibility index (Phi) is 5.75. The Labute approximate surface area is 182 Å². The van der Waals surface area contributed by atoms with Gasteiger partial charge in [0.25, 0.3) is 17.2 Å². The molecule has 1 amide bonds. The molecule has 10 nitrogen and oxygen atoms in total. The number of nitro groups is 1. The molecule has 0 aliphatic carbocycles. The van der Waals surface area contributed by atoms with Gasteiger partial charge in [0.1, 0.15) is 11.7 Å². The zero-order valence-electron chi connectivity index (χ0n) is 17.3. The summed E-state index contributed by atoms with van der Waals surface area (Å²) >= 11 is 0. The third-order valence-corrected chi connectivity index (χ3v) is 5.01. The lowest BCUT2D eigenvalue weighted by Crippen LogP contribution is -2.27. The predicted molar refractivity (Wildman–Crippen MR) is 117 cm³/mol. The third kappa shape index (κ3) is 4.38. The maximum Gasteiger partial charge on any atom is 0.269 e. The number of aryl methyl sites for hydroxylation is 1. The van der Waals surface area contributed by atoms with Crippen molar-refractivity contribution in [3.63, 3.8) is 0 Å². The van der Waals surface area contributed by atoms with Crippen LogP contribution in [0, 0.1) is 17.0 Å². The van der Waals surface area contributed by atoms with E-state index >= 15 is 0 Å². The fraction of sp³-hybridized carbons (Fsp3) is 0.182. The van der Waals surface area contributed by atoms with E-state index in [4.69, 9.17) is 0 Å². The number of nitro benzene ring substituents is 1. The second kappa shape index (κ2) is 8.80. The van der Waals surface area contributed by atoms with E-state index in [1.807, 2.05) is 31.2 Å². The van der Waals surface area contributed by atoms with Crippen LogP contribution in [0.1, 0.15) is 21.5 Å². The first kappa shape index (κ1) is 20.9. The van der Waals surface area contributed by atoms with Crippen LogP contribution >= 0.6 is 0 Å². The predicted octanol–water partition coefficient (Wildman–Crippen LogP) is 2.29. The maximum absolute atomic E-state index is 12.8. The number of fused-ring (bicyclic) bond motifs is 1. The number of amides is 1. The molecule has 2 heterocycles. The molecule has 1 N–H and O–H groups in total. The molecule has 0 radical (unpaired) electrons. The summed E-state index contributed by atoms with van der Waals surface area (Å²) in [5.74, 6) is -0.357. The summed E-state index contributed by atoms with van der Waals surface area (Å²) in [5.41, 5.74) is 2.63. The highest BCUT2D eigenvalue weighted by Crippen LogP contribution is 2.12. The van der Waals surface area contributed by atoms with Crippen molar-refractivity contribution in [2.75, 3.05) is 6.54 Å². The van der Waals surface area contributed by atoms with Crippen LogP contribution < -0.4 is 10.9 Å². The van der Waals surface area contributed by atoms with E-state index in [0.717, 1.165) is 11.1 Å². The van der Waals surface area contributed by atoms with E-state index in [1.165, 1.54) is 36.8 Å². The lowest BCUT2D eigenvalue weighted by molar-refractivity contribution is -0.384. The largest absolute Gasteiger partial charge is 0.350 e. The summed E-state index contributed by atoms with van der Waals surface area (Å²) in [6, 6.07) is 13.3. The van der Waals surface area contributed by atoms with Crippen molar-refractivity contribution in [2.45, 2.75) is 20.0 Å². The standard InChI is InChI=1S/C22H20N6O4/c1-15-3-2-4-16(11-15)13-26-14-24-20-19(22(26)30)12-25-27(20)10-9-23-21(29)17-5-7-18(8-6-17)28(31)32/h2-8,11-12,14H,9-10,13H2,1H3,(H,23,29). The molecule has 2 aromatic carbocycles. The molecule has 10 heteroatoms. The molecule has 0 bridgehead atoms. The van der Waals surface area contributed by atoms with Crippen LogP contribution in [0.15, 0.2) is 65.8 Å². The number of nitrogens with zero attached hydrogens (tertiary/aromatic N) is 5. The van der Waals surface area contributed by atoms with Gasteiger partial charge in [0, 0.05) is 24.2 Å². The van der Waals surface area contributed by atoms with Gasteiger partial charge in [0.15, 0.2) is 5.65 Å². The van der Waals surface area contributed by atoms with Crippen LogP contribution in [0.2, 0.25) is 0 Å². The zero-order valence-corrected chi connectivity index (χ0v) is 17.3. The monoisotopic (exact) mass is 432 g/mol. The van der Waals surface area contributed by atoms with Crippen LogP contribution in [0.25, 0.3) is 11.0 Å². The number of benzene rings is 2. The van der Waals surface area contributed by atoms with Crippen molar-refractivity contribution in [2.24, 2.45) is 0 Å². The minimum Gasteiger partial charge on any atom is -0.350 e. The van der Waals surface area contributed by atoms with Gasteiger partial charge >= 0.3 is 0 Å². The molecule has 162 valence electrons. The van der Waals surface area contributed by atoms with Gasteiger partial charge in [-0.2, -0.15) is 5.10 Å². The molecule has 0 spiro atoms. The first-order valence-corrected chi connectivity index (χ1v) is 9.91. The lowest BCUT2D eigenvalue weighted by atomic mass is 10.1. The van der Waals surface area contributed by atoms with Gasteiger partial charge in [-0.3, -0.25) is 24.3 Å². The molecule has 0 saturated carbocycles. The molecule has 32 heavy (non-hydrogen) atoms. The Morgan fingerprint density at radius 2 is 1.97 bits per heavy atom. The number of non-ortho nitro benzene ring substituents is 1. The minimum absolute atomic E-state index is 0.0799. The van der Waals surface area contributed by atoms with E-state index in [1.54, 1.807) is 9.25 Å². The zero-order chi connectivity index (χ0) is 22.7. The van der Waals surface area contributed by atoms with Gasteiger partial charge in [-0.15, -0.1) is 0 Å². The highest BCUT2D eigenvalue weighted by molar-refractivity contribution is 5.94. The molecule has 0 unspecified atom stereocenters. The molecular weight excluding hydrogens is 412 g/mol. The molecule has 0 fully saturated rings.